The van der Waals surface area contributed by atoms with Crippen molar-refractivity contribution in [2.75, 3.05) is 39.4 Å². The third-order valence-corrected chi connectivity index (χ3v) is 6.67. The summed E-state index contributed by atoms with van der Waals surface area (Å²) in [6.45, 7) is 1.84. The van der Waals surface area contributed by atoms with E-state index in [2.05, 4.69) is 0 Å². The van der Waals surface area contributed by atoms with Gasteiger partial charge < -0.3 is 14.6 Å². The number of hydrogen-bond acceptors (Lipinski definition) is 5. The van der Waals surface area contributed by atoms with Gasteiger partial charge in [0.1, 0.15) is 5.92 Å². The number of aliphatic carboxylic acids is 1. The highest BCUT2D eigenvalue weighted by Gasteiger charge is 2.53. The van der Waals surface area contributed by atoms with E-state index in [9.17, 15) is 18.3 Å². The van der Waals surface area contributed by atoms with Crippen molar-refractivity contribution in [3.05, 3.63) is 0 Å². The molecular formula is C13H22N2O6S. The topological polar surface area (TPSA) is 96.4 Å². The highest BCUT2D eigenvalue weighted by molar-refractivity contribution is 7.86. The Balaban J connectivity index is 1.77. The van der Waals surface area contributed by atoms with Gasteiger partial charge in [0, 0.05) is 32.6 Å². The molecule has 1 atom stereocenters. The summed E-state index contributed by atoms with van der Waals surface area (Å²) in [5.41, 5.74) is 0. The van der Waals surface area contributed by atoms with Gasteiger partial charge in [-0.2, -0.15) is 17.0 Å². The molecule has 3 heterocycles. The number of rotatable bonds is 3. The molecule has 1 N–H and O–H groups in total. The first-order chi connectivity index (χ1) is 10.5. The van der Waals surface area contributed by atoms with Crippen LogP contribution < -0.4 is 0 Å². The van der Waals surface area contributed by atoms with Crippen LogP contribution in [0.2, 0.25) is 0 Å². The lowest BCUT2D eigenvalue weighted by molar-refractivity contribution is -0.221. The van der Waals surface area contributed by atoms with Crippen LogP contribution in [-0.4, -0.2) is 73.3 Å². The average molecular weight is 334 g/mol. The summed E-state index contributed by atoms with van der Waals surface area (Å²) in [4.78, 5) is 11.6. The minimum Gasteiger partial charge on any atom is -0.481 e. The molecule has 22 heavy (non-hydrogen) atoms. The van der Waals surface area contributed by atoms with Gasteiger partial charge in [-0.05, 0) is 12.8 Å². The fraction of sp³-hybridized carbons (Fsp3) is 0.923. The Bertz CT molecular complexity index is 525. The molecule has 0 amide bonds. The molecular weight excluding hydrogens is 312 g/mol. The van der Waals surface area contributed by atoms with Crippen LogP contribution >= 0.6 is 0 Å². The molecule has 1 unspecified atom stereocenters. The van der Waals surface area contributed by atoms with Gasteiger partial charge in [-0.1, -0.05) is 6.42 Å². The quantitative estimate of drug-likeness (QED) is 0.772. The van der Waals surface area contributed by atoms with Gasteiger partial charge in [0.2, 0.25) is 0 Å². The molecule has 126 valence electrons. The van der Waals surface area contributed by atoms with E-state index < -0.39 is 27.9 Å². The second-order valence-corrected chi connectivity index (χ2v) is 7.90. The lowest BCUT2D eigenvalue weighted by Gasteiger charge is -2.42. The van der Waals surface area contributed by atoms with E-state index in [1.807, 2.05) is 0 Å². The van der Waals surface area contributed by atoms with Crippen molar-refractivity contribution < 1.29 is 27.8 Å². The number of carboxylic acids is 1. The monoisotopic (exact) mass is 334 g/mol. The van der Waals surface area contributed by atoms with Crippen molar-refractivity contribution in [3.63, 3.8) is 0 Å². The fourth-order valence-corrected chi connectivity index (χ4v) is 5.15. The van der Waals surface area contributed by atoms with Crippen LogP contribution in [-0.2, 0) is 24.5 Å². The van der Waals surface area contributed by atoms with Crippen LogP contribution in [0.1, 0.15) is 25.7 Å². The maximum absolute atomic E-state index is 12.7. The van der Waals surface area contributed by atoms with Crippen LogP contribution in [0.15, 0.2) is 0 Å². The van der Waals surface area contributed by atoms with E-state index in [1.165, 1.54) is 8.61 Å². The van der Waals surface area contributed by atoms with Gasteiger partial charge in [0.25, 0.3) is 10.2 Å². The van der Waals surface area contributed by atoms with Crippen LogP contribution in [0.25, 0.3) is 0 Å². The highest BCUT2D eigenvalue weighted by atomic mass is 32.2. The Morgan fingerprint density at radius 1 is 1.05 bits per heavy atom. The summed E-state index contributed by atoms with van der Waals surface area (Å²) in [6, 6.07) is 0. The average Bonchev–Trinajstić information content (AvgIpc) is 2.97. The molecule has 0 aromatic rings. The molecule has 3 aliphatic heterocycles. The molecule has 0 aliphatic carbocycles. The first-order valence-electron chi connectivity index (χ1n) is 7.72. The maximum Gasteiger partial charge on any atom is 0.313 e. The molecule has 0 bridgehead atoms. The lowest BCUT2D eigenvalue weighted by Crippen LogP contribution is -2.59. The minimum absolute atomic E-state index is 0.103. The number of carbonyl (C=O) groups is 1. The minimum atomic E-state index is -3.61. The third-order valence-electron chi connectivity index (χ3n) is 4.67. The molecule has 3 fully saturated rings. The van der Waals surface area contributed by atoms with Crippen molar-refractivity contribution in [2.24, 2.45) is 5.92 Å². The van der Waals surface area contributed by atoms with Gasteiger partial charge in [-0.15, -0.1) is 0 Å². The van der Waals surface area contributed by atoms with E-state index in [1.54, 1.807) is 0 Å². The lowest BCUT2D eigenvalue weighted by atomic mass is 9.92. The van der Waals surface area contributed by atoms with E-state index in [0.717, 1.165) is 19.3 Å². The van der Waals surface area contributed by atoms with Crippen LogP contribution in [0.3, 0.4) is 0 Å². The molecule has 3 rings (SSSR count). The second kappa shape index (κ2) is 6.04. The van der Waals surface area contributed by atoms with Crippen LogP contribution in [0, 0.1) is 5.92 Å². The summed E-state index contributed by atoms with van der Waals surface area (Å²) in [5, 5.41) is 9.46. The zero-order valence-electron chi connectivity index (χ0n) is 12.4. The van der Waals surface area contributed by atoms with Crippen molar-refractivity contribution in [1.29, 1.82) is 0 Å². The molecule has 0 saturated carbocycles. The largest absolute Gasteiger partial charge is 0.481 e. The number of piperidine rings is 2. The van der Waals surface area contributed by atoms with Crippen LogP contribution in [0.4, 0.5) is 0 Å². The van der Waals surface area contributed by atoms with Crippen molar-refractivity contribution in [1.82, 2.24) is 8.61 Å². The molecule has 3 saturated heterocycles. The summed E-state index contributed by atoms with van der Waals surface area (Å²) < 4.78 is 39.2. The first-order valence-corrected chi connectivity index (χ1v) is 9.11. The SMILES string of the molecule is O=C(O)C1CN(S(=O)(=O)N2CCCCC2)CCC12OCCO2. The molecule has 0 aromatic carbocycles. The smallest absolute Gasteiger partial charge is 0.313 e. The van der Waals surface area contributed by atoms with Gasteiger partial charge in [0.15, 0.2) is 5.79 Å². The van der Waals surface area contributed by atoms with Crippen molar-refractivity contribution >= 4 is 16.2 Å². The molecule has 0 aromatic heterocycles. The molecule has 1 spiro atoms. The van der Waals surface area contributed by atoms with Gasteiger partial charge >= 0.3 is 5.97 Å². The zero-order chi connectivity index (χ0) is 15.8. The first kappa shape index (κ1) is 16.1. The number of hydrogen-bond donors (Lipinski definition) is 1. The second-order valence-electron chi connectivity index (χ2n) is 5.98. The van der Waals surface area contributed by atoms with Crippen molar-refractivity contribution in [2.45, 2.75) is 31.5 Å². The molecule has 0 radical (unpaired) electrons. The number of carboxylic acid groups (broad SMARTS) is 1. The van der Waals surface area contributed by atoms with Gasteiger partial charge in [0.05, 0.1) is 13.2 Å². The zero-order valence-corrected chi connectivity index (χ0v) is 13.3. The summed E-state index contributed by atoms with van der Waals surface area (Å²) in [6.07, 6.45) is 2.99. The standard InChI is InChI=1S/C13H22N2O6S/c16-12(17)11-10-15(7-4-13(11)20-8-9-21-13)22(18,19)14-5-2-1-3-6-14/h11H,1-10H2,(H,16,17). The highest BCUT2D eigenvalue weighted by Crippen LogP contribution is 2.37. The van der Waals surface area contributed by atoms with E-state index >= 15 is 0 Å². The summed E-state index contributed by atoms with van der Waals surface area (Å²) in [7, 11) is -3.61. The summed E-state index contributed by atoms with van der Waals surface area (Å²) >= 11 is 0. The Kier molecular flexibility index (Phi) is 4.43. The van der Waals surface area contributed by atoms with E-state index in [0.29, 0.717) is 26.3 Å². The van der Waals surface area contributed by atoms with E-state index in [4.69, 9.17) is 9.47 Å². The van der Waals surface area contributed by atoms with Gasteiger partial charge in [-0.3, -0.25) is 4.79 Å². The maximum atomic E-state index is 12.7. The molecule has 8 nitrogen and oxygen atoms in total. The Morgan fingerprint density at radius 2 is 1.68 bits per heavy atom. The normalized spacial score (nSPS) is 30.6. The Labute approximate surface area is 130 Å². The fourth-order valence-electron chi connectivity index (χ4n) is 3.44. The van der Waals surface area contributed by atoms with Gasteiger partial charge in [-0.25, -0.2) is 0 Å². The van der Waals surface area contributed by atoms with Crippen LogP contribution in [0.5, 0.6) is 0 Å². The van der Waals surface area contributed by atoms with E-state index in [-0.39, 0.29) is 19.5 Å². The third kappa shape index (κ3) is 2.76. The predicted molar refractivity (Wildman–Crippen MR) is 76.3 cm³/mol. The molecule has 3 aliphatic rings. The number of nitrogens with zero attached hydrogens (tertiary/aromatic N) is 2. The predicted octanol–water partition coefficient (Wildman–Crippen LogP) is -0.133. The Hall–Kier alpha value is -0.740. The number of ether oxygens (including phenoxy) is 2. The van der Waals surface area contributed by atoms with Crippen molar-refractivity contribution in [3.8, 4) is 0 Å². The summed E-state index contributed by atoms with van der Waals surface area (Å²) in [5.74, 6) is -3.25. The molecule has 9 heteroatoms. The Morgan fingerprint density at radius 3 is 2.27 bits per heavy atom.